The van der Waals surface area contributed by atoms with E-state index in [0.29, 0.717) is 18.6 Å². The fourth-order valence-electron chi connectivity index (χ4n) is 2.21. The van der Waals surface area contributed by atoms with Gasteiger partial charge in [-0.15, -0.1) is 0 Å². The second-order valence-corrected chi connectivity index (χ2v) is 5.13. The maximum atomic E-state index is 11.8. The first-order valence-corrected chi connectivity index (χ1v) is 6.61. The molecule has 0 bridgehead atoms. The second kappa shape index (κ2) is 5.43. The Balaban J connectivity index is 2.12. The number of carbonyl (C=O) groups excluding carboxylic acids is 2. The lowest BCUT2D eigenvalue weighted by atomic mass is 10.1. The van der Waals surface area contributed by atoms with Crippen LogP contribution in [0.1, 0.15) is 43.1 Å². The number of Topliss-reactive ketones (excluding diaryl/α,β-unsaturated/α-hetero) is 1. The van der Waals surface area contributed by atoms with Gasteiger partial charge in [-0.2, -0.15) is 0 Å². The third-order valence-electron chi connectivity index (χ3n) is 3.14. The van der Waals surface area contributed by atoms with Crippen molar-refractivity contribution < 1.29 is 14.3 Å². The van der Waals surface area contributed by atoms with Crippen LogP contribution in [0.25, 0.3) is 0 Å². The molecule has 0 saturated carbocycles. The van der Waals surface area contributed by atoms with Crippen LogP contribution in [-0.4, -0.2) is 23.8 Å². The Morgan fingerprint density at radius 1 is 1.26 bits per heavy atom. The Hall–Kier alpha value is -1.84. The van der Waals surface area contributed by atoms with Crippen LogP contribution in [0, 0.1) is 0 Å². The minimum Gasteiger partial charge on any atom is -0.481 e. The molecule has 4 nitrogen and oxygen atoms in total. The van der Waals surface area contributed by atoms with Gasteiger partial charge in [0.05, 0.1) is 0 Å². The van der Waals surface area contributed by atoms with Crippen LogP contribution in [0.15, 0.2) is 18.2 Å². The van der Waals surface area contributed by atoms with Gasteiger partial charge in [0, 0.05) is 23.6 Å². The highest BCUT2D eigenvalue weighted by atomic mass is 16.5. The smallest absolute Gasteiger partial charge is 0.260 e. The quantitative estimate of drug-likeness (QED) is 0.903. The van der Waals surface area contributed by atoms with E-state index in [1.165, 1.54) is 0 Å². The number of rotatable bonds is 4. The molecule has 0 aliphatic heterocycles. The highest BCUT2D eigenvalue weighted by Gasteiger charge is 2.24. The number of hydrogen-bond acceptors (Lipinski definition) is 3. The number of ketones is 1. The Labute approximate surface area is 113 Å². The van der Waals surface area contributed by atoms with Crippen LogP contribution in [0.5, 0.6) is 5.75 Å². The summed E-state index contributed by atoms with van der Waals surface area (Å²) in [5.41, 5.74) is 1.66. The lowest BCUT2D eigenvalue weighted by Gasteiger charge is -2.18. The van der Waals surface area contributed by atoms with Gasteiger partial charge in [-0.3, -0.25) is 9.59 Å². The van der Waals surface area contributed by atoms with Crippen LogP contribution >= 0.6 is 0 Å². The summed E-state index contributed by atoms with van der Waals surface area (Å²) in [4.78, 5) is 23.5. The number of fused-ring (bicyclic) bond motifs is 1. The van der Waals surface area contributed by atoms with Gasteiger partial charge in [-0.1, -0.05) is 12.1 Å². The fourth-order valence-corrected chi connectivity index (χ4v) is 2.21. The van der Waals surface area contributed by atoms with Gasteiger partial charge < -0.3 is 10.1 Å². The first-order valence-electron chi connectivity index (χ1n) is 6.61. The first-order chi connectivity index (χ1) is 8.99. The number of amides is 1. The van der Waals surface area contributed by atoms with Crippen molar-refractivity contribution in [3.8, 4) is 5.75 Å². The summed E-state index contributed by atoms with van der Waals surface area (Å²) in [7, 11) is 0. The average molecular weight is 261 g/mol. The van der Waals surface area contributed by atoms with Crippen LogP contribution in [0.3, 0.4) is 0 Å². The molecule has 0 radical (unpaired) electrons. The third kappa shape index (κ3) is 2.95. The van der Waals surface area contributed by atoms with Crippen LogP contribution in [-0.2, 0) is 11.2 Å². The van der Waals surface area contributed by atoms with Gasteiger partial charge in [0.25, 0.3) is 5.91 Å². The lowest BCUT2D eigenvalue weighted by Crippen LogP contribution is -2.40. The van der Waals surface area contributed by atoms with Crippen LogP contribution < -0.4 is 10.1 Å². The third-order valence-corrected chi connectivity index (χ3v) is 3.14. The van der Waals surface area contributed by atoms with Crippen molar-refractivity contribution in [2.45, 2.75) is 45.8 Å². The van der Waals surface area contributed by atoms with Crippen molar-refractivity contribution in [1.29, 1.82) is 0 Å². The molecule has 1 amide bonds. The molecule has 0 saturated heterocycles. The lowest BCUT2D eigenvalue weighted by molar-refractivity contribution is -0.127. The molecule has 1 aliphatic carbocycles. The Bertz CT molecular complexity index is 508. The van der Waals surface area contributed by atoms with E-state index in [4.69, 9.17) is 4.74 Å². The minimum atomic E-state index is -0.565. The summed E-state index contributed by atoms with van der Waals surface area (Å²) in [6.07, 6.45) is 0.662. The standard InChI is InChI=1S/C15H19NO3/c1-9(2)16-15(18)10(3)19-14-6-4-5-11-12(14)7-8-13(11)17/h4-6,9-10H,7-8H2,1-3H3,(H,16,18). The molecule has 4 heteroatoms. The van der Waals surface area contributed by atoms with Crippen molar-refractivity contribution >= 4 is 11.7 Å². The number of ether oxygens (including phenoxy) is 1. The maximum absolute atomic E-state index is 11.8. The summed E-state index contributed by atoms with van der Waals surface area (Å²) < 4.78 is 5.70. The first kappa shape index (κ1) is 13.6. The molecule has 0 fully saturated rings. The fraction of sp³-hybridized carbons (Fsp3) is 0.467. The molecule has 1 aliphatic rings. The number of nitrogens with one attached hydrogen (secondary N) is 1. The van der Waals surface area contributed by atoms with Crippen molar-refractivity contribution in [2.24, 2.45) is 0 Å². The van der Waals surface area contributed by atoms with E-state index in [9.17, 15) is 9.59 Å². The summed E-state index contributed by atoms with van der Waals surface area (Å²) in [6.45, 7) is 5.53. The van der Waals surface area contributed by atoms with E-state index >= 15 is 0 Å². The molecule has 1 aromatic carbocycles. The number of carbonyl (C=O) groups is 2. The molecular formula is C15H19NO3. The zero-order valence-corrected chi connectivity index (χ0v) is 11.5. The van der Waals surface area contributed by atoms with Crippen molar-refractivity contribution in [3.63, 3.8) is 0 Å². The molecule has 102 valence electrons. The highest BCUT2D eigenvalue weighted by Crippen LogP contribution is 2.31. The van der Waals surface area contributed by atoms with E-state index in [1.54, 1.807) is 13.0 Å². The Morgan fingerprint density at radius 3 is 2.68 bits per heavy atom. The summed E-state index contributed by atoms with van der Waals surface area (Å²) in [6, 6.07) is 5.51. The van der Waals surface area contributed by atoms with Crippen molar-refractivity contribution in [2.75, 3.05) is 0 Å². The molecule has 1 atom stereocenters. The maximum Gasteiger partial charge on any atom is 0.260 e. The van der Waals surface area contributed by atoms with E-state index in [-0.39, 0.29) is 17.7 Å². The molecule has 1 aromatic rings. The molecule has 1 N–H and O–H groups in total. The summed E-state index contributed by atoms with van der Waals surface area (Å²) >= 11 is 0. The molecular weight excluding hydrogens is 242 g/mol. The molecule has 0 heterocycles. The normalized spacial score (nSPS) is 15.3. The SMILES string of the molecule is CC(C)NC(=O)C(C)Oc1cccc2c1CCC2=O. The van der Waals surface area contributed by atoms with Crippen molar-refractivity contribution in [1.82, 2.24) is 5.32 Å². The number of hydrogen-bond donors (Lipinski definition) is 1. The molecule has 19 heavy (non-hydrogen) atoms. The summed E-state index contributed by atoms with van der Waals surface area (Å²) in [5, 5.41) is 2.81. The number of benzene rings is 1. The minimum absolute atomic E-state index is 0.0848. The zero-order chi connectivity index (χ0) is 14.0. The van der Waals surface area contributed by atoms with E-state index in [2.05, 4.69) is 5.32 Å². The van der Waals surface area contributed by atoms with Crippen LogP contribution in [0.2, 0.25) is 0 Å². The highest BCUT2D eigenvalue weighted by molar-refractivity contribution is 6.01. The van der Waals surface area contributed by atoms with E-state index in [1.807, 2.05) is 26.0 Å². The molecule has 2 rings (SSSR count). The molecule has 0 aromatic heterocycles. The van der Waals surface area contributed by atoms with Gasteiger partial charge in [0.2, 0.25) is 0 Å². The van der Waals surface area contributed by atoms with Gasteiger partial charge in [0.1, 0.15) is 5.75 Å². The largest absolute Gasteiger partial charge is 0.481 e. The topological polar surface area (TPSA) is 55.4 Å². The predicted octanol–water partition coefficient (Wildman–Crippen LogP) is 2.11. The van der Waals surface area contributed by atoms with Crippen molar-refractivity contribution in [3.05, 3.63) is 29.3 Å². The van der Waals surface area contributed by atoms with Gasteiger partial charge in [0.15, 0.2) is 11.9 Å². The van der Waals surface area contributed by atoms with E-state index in [0.717, 1.165) is 11.1 Å². The Kier molecular flexibility index (Phi) is 3.88. The predicted molar refractivity (Wildman–Crippen MR) is 72.5 cm³/mol. The zero-order valence-electron chi connectivity index (χ0n) is 11.5. The average Bonchev–Trinajstić information content (AvgIpc) is 2.71. The second-order valence-electron chi connectivity index (χ2n) is 5.13. The monoisotopic (exact) mass is 261 g/mol. The van der Waals surface area contributed by atoms with Crippen LogP contribution in [0.4, 0.5) is 0 Å². The summed E-state index contributed by atoms with van der Waals surface area (Å²) in [5.74, 6) is 0.659. The molecule has 1 unspecified atom stereocenters. The molecule has 0 spiro atoms. The Morgan fingerprint density at radius 2 is 2.00 bits per heavy atom. The van der Waals surface area contributed by atoms with E-state index < -0.39 is 6.10 Å². The van der Waals surface area contributed by atoms with Gasteiger partial charge >= 0.3 is 0 Å². The van der Waals surface area contributed by atoms with Gasteiger partial charge in [-0.05, 0) is 33.3 Å². The van der Waals surface area contributed by atoms with Gasteiger partial charge in [-0.25, -0.2) is 0 Å².